The summed E-state index contributed by atoms with van der Waals surface area (Å²) >= 11 is 0.0381. The van der Waals surface area contributed by atoms with E-state index in [9.17, 15) is 44.7 Å². The molecule has 2 heterocycles. The molecule has 0 radical (unpaired) electrons. The van der Waals surface area contributed by atoms with Gasteiger partial charge in [-0.05, 0) is 37.3 Å². The van der Waals surface area contributed by atoms with E-state index in [1.807, 2.05) is 0 Å². The zero-order chi connectivity index (χ0) is 30.3. The quantitative estimate of drug-likeness (QED) is 0.302. The first-order valence-electron chi connectivity index (χ1n) is 11.4. The van der Waals surface area contributed by atoms with Crippen LogP contribution >= 0.6 is 11.3 Å². The molecular formula is C23H23F6N5O4S2. The number of sulfonamides is 1. The van der Waals surface area contributed by atoms with Gasteiger partial charge in [0.1, 0.15) is 4.21 Å². The van der Waals surface area contributed by atoms with Crippen LogP contribution in [0.1, 0.15) is 22.9 Å². The minimum absolute atomic E-state index is 0.0381. The van der Waals surface area contributed by atoms with Crippen molar-refractivity contribution in [3.63, 3.8) is 0 Å². The normalized spacial score (nSPS) is 18.9. The molecule has 0 aliphatic carbocycles. The summed E-state index contributed by atoms with van der Waals surface area (Å²) in [4.78, 5) is 16.9. The highest BCUT2D eigenvalue weighted by molar-refractivity contribution is 7.91. The Morgan fingerprint density at radius 3 is 2.35 bits per heavy atom. The van der Waals surface area contributed by atoms with Crippen LogP contribution in [0, 0.1) is 11.3 Å². The van der Waals surface area contributed by atoms with Crippen LogP contribution in [0.2, 0.25) is 0 Å². The van der Waals surface area contributed by atoms with Crippen molar-refractivity contribution in [2.75, 3.05) is 38.6 Å². The number of alkyl halides is 6. The number of anilines is 1. The summed E-state index contributed by atoms with van der Waals surface area (Å²) < 4.78 is 109. The number of piperazine rings is 1. The van der Waals surface area contributed by atoms with E-state index in [0.717, 1.165) is 27.7 Å². The van der Waals surface area contributed by atoms with Gasteiger partial charge in [-0.3, -0.25) is 4.79 Å². The number of aliphatic imine (C=N–C) groups is 1. The second-order valence-corrected chi connectivity index (χ2v) is 12.3. The van der Waals surface area contributed by atoms with Crippen molar-refractivity contribution in [1.29, 1.82) is 5.26 Å². The van der Waals surface area contributed by atoms with Crippen LogP contribution in [0.5, 0.6) is 0 Å². The Kier molecular flexibility index (Phi) is 8.61. The van der Waals surface area contributed by atoms with Crippen LogP contribution in [-0.4, -0.2) is 80.9 Å². The molecule has 3 rings (SSSR count). The summed E-state index contributed by atoms with van der Waals surface area (Å²) in [5.41, 5.74) is -5.62. The van der Waals surface area contributed by atoms with Crippen molar-refractivity contribution >= 4 is 39.3 Å². The van der Waals surface area contributed by atoms with Gasteiger partial charge in [0, 0.05) is 45.5 Å². The molecule has 1 fully saturated rings. The Bertz CT molecular complexity index is 1450. The highest BCUT2D eigenvalue weighted by atomic mass is 32.2. The average molecular weight is 612 g/mol. The number of amides is 1. The Hall–Kier alpha value is -3.20. The summed E-state index contributed by atoms with van der Waals surface area (Å²) in [7, 11) is -1.72. The molecule has 2 aromatic rings. The molecule has 2 unspecified atom stereocenters. The lowest BCUT2D eigenvalue weighted by molar-refractivity contribution is -0.254. The van der Waals surface area contributed by atoms with Crippen LogP contribution in [0.4, 0.5) is 32.0 Å². The zero-order valence-corrected chi connectivity index (χ0v) is 22.8. The first-order chi connectivity index (χ1) is 18.3. The maximum absolute atomic E-state index is 13.8. The largest absolute Gasteiger partial charge is 0.431 e. The zero-order valence-electron chi connectivity index (χ0n) is 21.2. The van der Waals surface area contributed by atoms with Crippen LogP contribution in [0.3, 0.4) is 0 Å². The van der Waals surface area contributed by atoms with Crippen molar-refractivity contribution in [3.05, 3.63) is 46.3 Å². The van der Waals surface area contributed by atoms with Gasteiger partial charge in [0.25, 0.3) is 21.5 Å². The highest BCUT2D eigenvalue weighted by Crippen LogP contribution is 2.44. The van der Waals surface area contributed by atoms with Gasteiger partial charge < -0.3 is 14.9 Å². The smallest absolute Gasteiger partial charge is 0.369 e. The second-order valence-electron chi connectivity index (χ2n) is 9.09. The van der Waals surface area contributed by atoms with E-state index >= 15 is 0 Å². The number of hydrogen-bond acceptors (Lipinski definition) is 7. The molecule has 0 saturated carbocycles. The molecule has 40 heavy (non-hydrogen) atoms. The number of carbonyl (C=O) groups is 1. The number of rotatable bonds is 6. The van der Waals surface area contributed by atoms with Crippen LogP contribution in [-0.2, 0) is 26.6 Å². The number of hydrogen-bond donors (Lipinski definition) is 1. The summed E-state index contributed by atoms with van der Waals surface area (Å²) in [5, 5.41) is 19.4. The van der Waals surface area contributed by atoms with Gasteiger partial charge in [-0.1, -0.05) is 0 Å². The van der Waals surface area contributed by atoms with E-state index in [1.54, 1.807) is 6.07 Å². The Morgan fingerprint density at radius 2 is 1.82 bits per heavy atom. The van der Waals surface area contributed by atoms with Crippen molar-refractivity contribution in [1.82, 2.24) is 9.21 Å². The average Bonchev–Trinajstić information content (AvgIpc) is 3.36. The van der Waals surface area contributed by atoms with Crippen LogP contribution < -0.4 is 4.90 Å². The van der Waals surface area contributed by atoms with Gasteiger partial charge >= 0.3 is 12.4 Å². The molecular weight excluding hydrogens is 588 g/mol. The third kappa shape index (κ3) is 5.94. The number of carbonyl (C=O) groups excluding carboxylic acids is 1. The van der Waals surface area contributed by atoms with Crippen LogP contribution in [0.25, 0.3) is 0 Å². The van der Waals surface area contributed by atoms with E-state index < -0.39 is 54.6 Å². The lowest BCUT2D eigenvalue weighted by Gasteiger charge is -2.40. The van der Waals surface area contributed by atoms with Crippen molar-refractivity contribution in [2.24, 2.45) is 4.99 Å². The number of aliphatic hydroxyl groups is 1. The minimum Gasteiger partial charge on any atom is -0.369 e. The molecule has 1 amide bonds. The molecule has 17 heteroatoms. The molecule has 1 aromatic carbocycles. The molecule has 1 N–H and O–H groups in total. The molecule has 1 aliphatic rings. The van der Waals surface area contributed by atoms with E-state index in [2.05, 4.69) is 4.99 Å². The molecule has 1 aromatic heterocycles. The van der Waals surface area contributed by atoms with Gasteiger partial charge in [0.2, 0.25) is 0 Å². The molecule has 0 bridgehead atoms. The van der Waals surface area contributed by atoms with E-state index in [1.165, 1.54) is 32.0 Å². The topological polar surface area (TPSA) is 117 Å². The van der Waals surface area contributed by atoms with Gasteiger partial charge in [0.05, 0.1) is 28.4 Å². The third-order valence-corrected chi connectivity index (χ3v) is 9.64. The van der Waals surface area contributed by atoms with Crippen molar-refractivity contribution < 1.29 is 44.7 Å². The maximum Gasteiger partial charge on any atom is 0.431 e. The number of nitriles is 1. The van der Waals surface area contributed by atoms with Crippen LogP contribution in [0.15, 0.2) is 39.5 Å². The fourth-order valence-corrected chi connectivity index (χ4v) is 7.17. The molecule has 2 atom stereocenters. The summed E-state index contributed by atoms with van der Waals surface area (Å²) in [6.45, 7) is 0.710. The van der Waals surface area contributed by atoms with Gasteiger partial charge in [0.15, 0.2) is 0 Å². The number of thiophene rings is 1. The van der Waals surface area contributed by atoms with E-state index in [0.29, 0.717) is 12.1 Å². The van der Waals surface area contributed by atoms with Gasteiger partial charge in [-0.25, -0.2) is 13.4 Å². The molecule has 0 spiro atoms. The lowest BCUT2D eigenvalue weighted by Crippen LogP contribution is -2.54. The molecule has 1 saturated heterocycles. The predicted octanol–water partition coefficient (Wildman–Crippen LogP) is 3.40. The van der Waals surface area contributed by atoms with Gasteiger partial charge in [-0.15, -0.1) is 11.3 Å². The predicted molar refractivity (Wildman–Crippen MR) is 133 cm³/mol. The standard InChI is InChI=1S/C23H23F6N5O4S2/c1-14-12-33(17-5-4-15(11-30)10-16(17)22(24,25)26)8-9-34(14)40(37,38)19-7-6-18(39-19)21(36,23(27,28)29)20(35)31-13-32(2)3/h4-7,10,13-14,36H,8-9,12H2,1-3H3/b31-13-. The Morgan fingerprint density at radius 1 is 1.18 bits per heavy atom. The fraction of sp³-hybridized carbons (Fsp3) is 0.435. The maximum atomic E-state index is 13.8. The number of benzene rings is 1. The van der Waals surface area contributed by atoms with Crippen molar-refractivity contribution in [2.45, 2.75) is 35.1 Å². The first-order valence-corrected chi connectivity index (χ1v) is 13.6. The minimum atomic E-state index is -5.53. The number of nitrogens with zero attached hydrogens (tertiary/aromatic N) is 5. The summed E-state index contributed by atoms with van der Waals surface area (Å²) in [6.07, 6.45) is -9.56. The fourth-order valence-electron chi connectivity index (χ4n) is 4.02. The molecule has 9 nitrogen and oxygen atoms in total. The second kappa shape index (κ2) is 11.0. The monoisotopic (exact) mass is 611 g/mol. The summed E-state index contributed by atoms with van der Waals surface area (Å²) in [6, 6.07) is 5.23. The SMILES string of the molecule is CC1CN(c2ccc(C#N)cc2C(F)(F)F)CCN1S(=O)(=O)c1ccc(C(O)(C(=O)/N=C\N(C)C)C(F)(F)F)s1. The molecule has 218 valence electrons. The first kappa shape index (κ1) is 31.3. The lowest BCUT2D eigenvalue weighted by atomic mass is 10.0. The van der Waals surface area contributed by atoms with Gasteiger partial charge in [-0.2, -0.15) is 35.9 Å². The van der Waals surface area contributed by atoms with E-state index in [-0.39, 0.29) is 42.2 Å². The number of halogens is 6. The summed E-state index contributed by atoms with van der Waals surface area (Å²) in [5.74, 6) is -1.97. The van der Waals surface area contributed by atoms with Crippen molar-refractivity contribution in [3.8, 4) is 6.07 Å². The van der Waals surface area contributed by atoms with E-state index in [4.69, 9.17) is 5.26 Å². The Labute approximate surface area is 229 Å². The molecule has 1 aliphatic heterocycles. The third-order valence-electron chi connectivity index (χ3n) is 5.96. The highest BCUT2D eigenvalue weighted by Gasteiger charge is 2.62. The Balaban J connectivity index is 1.91.